The van der Waals surface area contributed by atoms with Gasteiger partial charge in [0.25, 0.3) is 5.91 Å². The molecule has 2 rings (SSSR count). The van der Waals surface area contributed by atoms with Gasteiger partial charge in [-0.25, -0.2) is 0 Å². The van der Waals surface area contributed by atoms with Gasteiger partial charge in [-0.15, -0.1) is 0 Å². The van der Waals surface area contributed by atoms with Crippen LogP contribution in [-0.2, 0) is 4.74 Å². The molecule has 2 aromatic rings. The molecule has 1 amide bonds. The maximum atomic E-state index is 12.0. The summed E-state index contributed by atoms with van der Waals surface area (Å²) in [5, 5.41) is 6.13. The van der Waals surface area contributed by atoms with Crippen molar-refractivity contribution in [1.82, 2.24) is 10.3 Å². The summed E-state index contributed by atoms with van der Waals surface area (Å²) in [5.41, 5.74) is 2.44. The molecule has 1 unspecified atom stereocenters. The van der Waals surface area contributed by atoms with Crippen LogP contribution in [0.2, 0.25) is 0 Å². The molecule has 1 aromatic carbocycles. The molecule has 1 heterocycles. The van der Waals surface area contributed by atoms with Crippen molar-refractivity contribution in [1.29, 1.82) is 0 Å². The number of nitrogens with zero attached hydrogens (tertiary/aromatic N) is 1. The van der Waals surface area contributed by atoms with Crippen molar-refractivity contribution in [2.75, 3.05) is 25.6 Å². The third-order valence-electron chi connectivity index (χ3n) is 3.27. The zero-order chi connectivity index (χ0) is 15.8. The molecule has 116 valence electrons. The third-order valence-corrected chi connectivity index (χ3v) is 3.27. The molecule has 1 aromatic heterocycles. The van der Waals surface area contributed by atoms with E-state index in [1.165, 1.54) is 5.56 Å². The van der Waals surface area contributed by atoms with Crippen LogP contribution in [0.3, 0.4) is 0 Å². The first-order chi connectivity index (χ1) is 10.7. The highest BCUT2D eigenvalue weighted by Crippen LogP contribution is 2.18. The van der Waals surface area contributed by atoms with Crippen molar-refractivity contribution in [3.8, 4) is 0 Å². The van der Waals surface area contributed by atoms with Crippen molar-refractivity contribution >= 4 is 11.6 Å². The molecule has 0 saturated carbocycles. The molecule has 1 atom stereocenters. The molecule has 0 spiro atoms. The zero-order valence-corrected chi connectivity index (χ0v) is 12.9. The van der Waals surface area contributed by atoms with E-state index in [4.69, 9.17) is 4.74 Å². The molecular formula is C17H21N3O2. The highest BCUT2D eigenvalue weighted by atomic mass is 16.5. The van der Waals surface area contributed by atoms with E-state index in [0.717, 1.165) is 5.69 Å². The van der Waals surface area contributed by atoms with Crippen LogP contribution < -0.4 is 10.6 Å². The Hall–Kier alpha value is -2.40. The summed E-state index contributed by atoms with van der Waals surface area (Å²) in [6.45, 7) is 3.03. The molecule has 0 radical (unpaired) electrons. The molecule has 0 aliphatic carbocycles. The number of hydrogen-bond acceptors (Lipinski definition) is 4. The maximum Gasteiger partial charge on any atom is 0.270 e. The molecule has 0 aliphatic rings. The Bertz CT molecular complexity index is 602. The van der Waals surface area contributed by atoms with Gasteiger partial charge >= 0.3 is 0 Å². The van der Waals surface area contributed by atoms with Crippen molar-refractivity contribution in [3.05, 3.63) is 59.9 Å². The average Bonchev–Trinajstić information content (AvgIpc) is 2.56. The van der Waals surface area contributed by atoms with Gasteiger partial charge in [0.15, 0.2) is 0 Å². The van der Waals surface area contributed by atoms with Gasteiger partial charge in [-0.1, -0.05) is 30.3 Å². The Morgan fingerprint density at radius 3 is 2.77 bits per heavy atom. The minimum atomic E-state index is -0.201. The first-order valence-electron chi connectivity index (χ1n) is 7.25. The second kappa shape index (κ2) is 8.14. The first-order valence-corrected chi connectivity index (χ1v) is 7.25. The van der Waals surface area contributed by atoms with Gasteiger partial charge in [0.1, 0.15) is 5.69 Å². The highest BCUT2D eigenvalue weighted by molar-refractivity contribution is 5.93. The summed E-state index contributed by atoms with van der Waals surface area (Å²) < 4.78 is 4.91. The number of methoxy groups -OCH3 is 1. The van der Waals surface area contributed by atoms with Crippen molar-refractivity contribution in [3.63, 3.8) is 0 Å². The zero-order valence-electron chi connectivity index (χ0n) is 12.9. The summed E-state index contributed by atoms with van der Waals surface area (Å²) in [6.07, 6.45) is 1.63. The van der Waals surface area contributed by atoms with Crippen LogP contribution in [0.5, 0.6) is 0 Å². The molecule has 0 aliphatic heterocycles. The summed E-state index contributed by atoms with van der Waals surface area (Å²) in [4.78, 5) is 16.1. The number of hydrogen-bond donors (Lipinski definition) is 2. The number of carbonyl (C=O) groups excluding carboxylic acids is 1. The Labute approximate surface area is 130 Å². The second-order valence-electron chi connectivity index (χ2n) is 4.96. The van der Waals surface area contributed by atoms with E-state index in [1.54, 1.807) is 19.4 Å². The predicted octanol–water partition coefficient (Wildman–Crippen LogP) is 2.63. The van der Waals surface area contributed by atoms with Crippen LogP contribution in [0.4, 0.5) is 5.69 Å². The number of pyridine rings is 1. The van der Waals surface area contributed by atoms with E-state index in [2.05, 4.69) is 34.7 Å². The van der Waals surface area contributed by atoms with E-state index < -0.39 is 0 Å². The number of benzene rings is 1. The van der Waals surface area contributed by atoms with Crippen molar-refractivity contribution < 1.29 is 9.53 Å². The van der Waals surface area contributed by atoms with E-state index in [9.17, 15) is 4.79 Å². The standard InChI is InChI=1S/C17H21N3O2/c1-13(14-6-4-3-5-7-14)20-15-8-9-18-16(12-15)17(21)19-10-11-22-2/h3-9,12-13H,10-11H2,1-2H3,(H,18,20)(H,19,21). The van der Waals surface area contributed by atoms with E-state index in [0.29, 0.717) is 18.8 Å². The summed E-state index contributed by atoms with van der Waals surface area (Å²) in [5.74, 6) is -0.201. The van der Waals surface area contributed by atoms with Gasteiger partial charge in [-0.3, -0.25) is 9.78 Å². The second-order valence-corrected chi connectivity index (χ2v) is 4.96. The number of rotatable bonds is 7. The van der Waals surface area contributed by atoms with Crippen molar-refractivity contribution in [2.24, 2.45) is 0 Å². The number of aromatic nitrogens is 1. The minimum Gasteiger partial charge on any atom is -0.383 e. The number of nitrogens with one attached hydrogen (secondary N) is 2. The van der Waals surface area contributed by atoms with E-state index in [-0.39, 0.29) is 11.9 Å². The van der Waals surface area contributed by atoms with Crippen LogP contribution >= 0.6 is 0 Å². The Morgan fingerprint density at radius 2 is 2.05 bits per heavy atom. The smallest absolute Gasteiger partial charge is 0.270 e. The first kappa shape index (κ1) is 16.0. The molecular weight excluding hydrogens is 278 g/mol. The highest BCUT2D eigenvalue weighted by Gasteiger charge is 2.09. The fourth-order valence-corrected chi connectivity index (χ4v) is 2.08. The lowest BCUT2D eigenvalue weighted by molar-refractivity contribution is 0.0932. The molecule has 0 fully saturated rings. The van der Waals surface area contributed by atoms with Crippen LogP contribution in [0.1, 0.15) is 29.0 Å². The molecule has 5 nitrogen and oxygen atoms in total. The molecule has 22 heavy (non-hydrogen) atoms. The molecule has 5 heteroatoms. The number of ether oxygens (including phenoxy) is 1. The van der Waals surface area contributed by atoms with Crippen LogP contribution in [0, 0.1) is 0 Å². The van der Waals surface area contributed by atoms with Gasteiger partial charge in [0, 0.05) is 31.6 Å². The lowest BCUT2D eigenvalue weighted by atomic mass is 10.1. The lowest BCUT2D eigenvalue weighted by Gasteiger charge is -2.16. The van der Waals surface area contributed by atoms with Crippen molar-refractivity contribution in [2.45, 2.75) is 13.0 Å². The monoisotopic (exact) mass is 299 g/mol. The van der Waals surface area contributed by atoms with Gasteiger partial charge < -0.3 is 15.4 Å². The molecule has 0 bridgehead atoms. The Balaban J connectivity index is 2.00. The molecule has 2 N–H and O–H groups in total. The summed E-state index contributed by atoms with van der Waals surface area (Å²) in [6, 6.07) is 13.9. The Morgan fingerprint density at radius 1 is 1.27 bits per heavy atom. The van der Waals surface area contributed by atoms with Crippen LogP contribution in [0.15, 0.2) is 48.7 Å². The van der Waals surface area contributed by atoms with E-state index >= 15 is 0 Å². The third kappa shape index (κ3) is 4.56. The topological polar surface area (TPSA) is 63.2 Å². The average molecular weight is 299 g/mol. The fourth-order valence-electron chi connectivity index (χ4n) is 2.08. The quantitative estimate of drug-likeness (QED) is 0.772. The normalized spacial score (nSPS) is 11.7. The number of amides is 1. The predicted molar refractivity (Wildman–Crippen MR) is 86.9 cm³/mol. The minimum absolute atomic E-state index is 0.146. The van der Waals surface area contributed by atoms with Gasteiger partial charge in [0.05, 0.1) is 6.61 Å². The fraction of sp³-hybridized carbons (Fsp3) is 0.294. The maximum absolute atomic E-state index is 12.0. The SMILES string of the molecule is COCCNC(=O)c1cc(NC(C)c2ccccc2)ccn1. The number of carbonyl (C=O) groups is 1. The van der Waals surface area contributed by atoms with Crippen LogP contribution in [-0.4, -0.2) is 31.2 Å². The largest absolute Gasteiger partial charge is 0.383 e. The summed E-state index contributed by atoms with van der Waals surface area (Å²) in [7, 11) is 1.60. The van der Waals surface area contributed by atoms with Gasteiger partial charge in [-0.05, 0) is 24.6 Å². The van der Waals surface area contributed by atoms with Gasteiger partial charge in [-0.2, -0.15) is 0 Å². The van der Waals surface area contributed by atoms with Gasteiger partial charge in [0.2, 0.25) is 0 Å². The Kier molecular flexibility index (Phi) is 5.91. The lowest BCUT2D eigenvalue weighted by Crippen LogP contribution is -2.27. The van der Waals surface area contributed by atoms with E-state index in [1.807, 2.05) is 24.3 Å². The van der Waals surface area contributed by atoms with Crippen LogP contribution in [0.25, 0.3) is 0 Å². The number of anilines is 1. The molecule has 0 saturated heterocycles. The summed E-state index contributed by atoms with van der Waals surface area (Å²) >= 11 is 0.